The molecule has 0 saturated heterocycles. The van der Waals surface area contributed by atoms with Crippen LogP contribution in [0.4, 0.5) is 0 Å². The number of hydrogen-bond donors (Lipinski definition) is 1. The minimum Gasteiger partial charge on any atom is -0.345 e. The second-order valence-corrected chi connectivity index (χ2v) is 4.39. The first-order valence-electron chi connectivity index (χ1n) is 6.37. The van der Waals surface area contributed by atoms with E-state index in [1.807, 2.05) is 36.4 Å². The van der Waals surface area contributed by atoms with E-state index in [4.69, 9.17) is 0 Å². The van der Waals surface area contributed by atoms with Crippen LogP contribution in [0.1, 0.15) is 16.2 Å². The zero-order valence-corrected chi connectivity index (χ0v) is 10.8. The number of carbonyl (C=O) groups excluding carboxylic acids is 1. The number of hydrogen-bond acceptors (Lipinski definition) is 3. The lowest BCUT2D eigenvalue weighted by Gasteiger charge is -2.05. The van der Waals surface area contributed by atoms with Crippen LogP contribution in [0.3, 0.4) is 0 Å². The maximum Gasteiger partial charge on any atom is 0.270 e. The lowest BCUT2D eigenvalue weighted by molar-refractivity contribution is 0.0945. The number of amides is 1. The molecule has 0 unspecified atom stereocenters. The van der Waals surface area contributed by atoms with Crippen molar-refractivity contribution in [1.29, 1.82) is 0 Å². The number of nitrogens with one attached hydrogen (secondary N) is 1. The van der Waals surface area contributed by atoms with Gasteiger partial charge in [0.05, 0.1) is 17.8 Å². The van der Waals surface area contributed by atoms with E-state index in [0.717, 1.165) is 16.6 Å². The van der Waals surface area contributed by atoms with Gasteiger partial charge < -0.3 is 5.32 Å². The molecular weight excluding hydrogens is 250 g/mol. The Morgan fingerprint density at radius 2 is 1.85 bits per heavy atom. The quantitative estimate of drug-likeness (QED) is 0.790. The molecule has 0 spiro atoms. The van der Waals surface area contributed by atoms with E-state index in [1.165, 1.54) is 0 Å². The number of aromatic nitrogens is 2. The summed E-state index contributed by atoms with van der Waals surface area (Å²) in [5.74, 6) is -0.194. The molecule has 0 aliphatic heterocycles. The lowest BCUT2D eigenvalue weighted by Crippen LogP contribution is -2.24. The Morgan fingerprint density at radius 3 is 2.70 bits per heavy atom. The molecule has 3 aromatic rings. The highest BCUT2D eigenvalue weighted by Crippen LogP contribution is 2.11. The summed E-state index contributed by atoms with van der Waals surface area (Å²) in [5.41, 5.74) is 2.17. The Bertz CT molecular complexity index is 741. The number of rotatable bonds is 3. The summed E-state index contributed by atoms with van der Waals surface area (Å²) in [5, 5.41) is 3.91. The standard InChI is InChI=1S/C16H13N3O/c20-16(15-7-3-4-10-17-15)18-11-13-9-8-12-5-1-2-6-14(12)19-13/h1-10H,11H2,(H,18,20). The van der Waals surface area contributed by atoms with Crippen LogP contribution in [0.5, 0.6) is 0 Å². The molecule has 0 aliphatic rings. The number of benzene rings is 1. The van der Waals surface area contributed by atoms with Gasteiger partial charge in [0, 0.05) is 11.6 Å². The summed E-state index contributed by atoms with van der Waals surface area (Å²) >= 11 is 0. The molecule has 20 heavy (non-hydrogen) atoms. The van der Waals surface area contributed by atoms with Gasteiger partial charge in [0.15, 0.2) is 0 Å². The predicted octanol–water partition coefficient (Wildman–Crippen LogP) is 2.56. The van der Waals surface area contributed by atoms with Crippen molar-refractivity contribution in [3.8, 4) is 0 Å². The van der Waals surface area contributed by atoms with Gasteiger partial charge in [-0.2, -0.15) is 0 Å². The largest absolute Gasteiger partial charge is 0.345 e. The molecule has 0 atom stereocenters. The molecule has 4 nitrogen and oxygen atoms in total. The van der Waals surface area contributed by atoms with Crippen molar-refractivity contribution >= 4 is 16.8 Å². The number of pyridine rings is 2. The average molecular weight is 263 g/mol. The Hall–Kier alpha value is -2.75. The molecule has 1 aromatic carbocycles. The summed E-state index contributed by atoms with van der Waals surface area (Å²) in [6.07, 6.45) is 1.60. The monoisotopic (exact) mass is 263 g/mol. The SMILES string of the molecule is O=C(NCc1ccc2ccccc2n1)c1ccccn1. The second-order valence-electron chi connectivity index (χ2n) is 4.39. The maximum atomic E-state index is 11.9. The molecule has 1 amide bonds. The summed E-state index contributed by atoms with van der Waals surface area (Å²) in [7, 11) is 0. The van der Waals surface area contributed by atoms with Crippen molar-refractivity contribution in [3.63, 3.8) is 0 Å². The van der Waals surface area contributed by atoms with E-state index in [0.29, 0.717) is 12.2 Å². The van der Waals surface area contributed by atoms with Crippen molar-refractivity contribution in [2.75, 3.05) is 0 Å². The number of fused-ring (bicyclic) bond motifs is 1. The van der Waals surface area contributed by atoms with Gasteiger partial charge in [-0.1, -0.05) is 30.3 Å². The van der Waals surface area contributed by atoms with E-state index < -0.39 is 0 Å². The first kappa shape index (κ1) is 12.3. The average Bonchev–Trinajstić information content (AvgIpc) is 2.53. The van der Waals surface area contributed by atoms with Crippen LogP contribution in [-0.4, -0.2) is 15.9 Å². The van der Waals surface area contributed by atoms with Crippen LogP contribution in [0.15, 0.2) is 60.8 Å². The van der Waals surface area contributed by atoms with Gasteiger partial charge in [0.2, 0.25) is 0 Å². The third-order valence-electron chi connectivity index (χ3n) is 2.98. The van der Waals surface area contributed by atoms with Gasteiger partial charge in [0.25, 0.3) is 5.91 Å². The highest BCUT2D eigenvalue weighted by atomic mass is 16.1. The van der Waals surface area contributed by atoms with Crippen LogP contribution in [-0.2, 0) is 6.54 Å². The Balaban J connectivity index is 1.72. The Morgan fingerprint density at radius 1 is 1.00 bits per heavy atom. The molecule has 3 rings (SSSR count). The molecule has 2 heterocycles. The predicted molar refractivity (Wildman–Crippen MR) is 77.2 cm³/mol. The molecule has 0 saturated carbocycles. The second kappa shape index (κ2) is 5.48. The number of nitrogens with zero attached hydrogens (tertiary/aromatic N) is 2. The van der Waals surface area contributed by atoms with E-state index in [9.17, 15) is 4.79 Å². The zero-order valence-electron chi connectivity index (χ0n) is 10.8. The smallest absolute Gasteiger partial charge is 0.270 e. The minimum atomic E-state index is -0.194. The summed E-state index contributed by atoms with van der Waals surface area (Å²) < 4.78 is 0. The fourth-order valence-electron chi connectivity index (χ4n) is 1.97. The van der Waals surface area contributed by atoms with Crippen LogP contribution in [0.25, 0.3) is 10.9 Å². The number of para-hydroxylation sites is 1. The third-order valence-corrected chi connectivity index (χ3v) is 2.98. The molecule has 0 fully saturated rings. The first-order chi connectivity index (χ1) is 9.83. The topological polar surface area (TPSA) is 54.9 Å². The zero-order chi connectivity index (χ0) is 13.8. The van der Waals surface area contributed by atoms with E-state index in [1.54, 1.807) is 24.4 Å². The summed E-state index contributed by atoms with van der Waals surface area (Å²) in [4.78, 5) is 20.4. The maximum absolute atomic E-state index is 11.9. The van der Waals surface area contributed by atoms with Gasteiger partial charge in [-0.15, -0.1) is 0 Å². The van der Waals surface area contributed by atoms with Gasteiger partial charge in [-0.05, 0) is 24.3 Å². The molecule has 0 aliphatic carbocycles. The van der Waals surface area contributed by atoms with Crippen molar-refractivity contribution in [1.82, 2.24) is 15.3 Å². The van der Waals surface area contributed by atoms with Crippen molar-refractivity contribution < 1.29 is 4.79 Å². The summed E-state index contributed by atoms with van der Waals surface area (Å²) in [6.45, 7) is 0.389. The van der Waals surface area contributed by atoms with E-state index >= 15 is 0 Å². The van der Waals surface area contributed by atoms with Gasteiger partial charge >= 0.3 is 0 Å². The molecule has 2 aromatic heterocycles. The van der Waals surface area contributed by atoms with E-state index in [-0.39, 0.29) is 5.91 Å². The van der Waals surface area contributed by atoms with Gasteiger partial charge in [0.1, 0.15) is 5.69 Å². The van der Waals surface area contributed by atoms with Crippen LogP contribution < -0.4 is 5.32 Å². The van der Waals surface area contributed by atoms with Gasteiger partial charge in [-0.25, -0.2) is 0 Å². The normalized spacial score (nSPS) is 10.4. The van der Waals surface area contributed by atoms with Crippen LogP contribution >= 0.6 is 0 Å². The van der Waals surface area contributed by atoms with Crippen molar-refractivity contribution in [3.05, 3.63) is 72.2 Å². The van der Waals surface area contributed by atoms with Crippen molar-refractivity contribution in [2.45, 2.75) is 6.54 Å². The van der Waals surface area contributed by atoms with Crippen LogP contribution in [0.2, 0.25) is 0 Å². The number of carbonyl (C=O) groups is 1. The molecule has 98 valence electrons. The Labute approximate surface area is 116 Å². The third kappa shape index (κ3) is 2.64. The molecule has 4 heteroatoms. The highest BCUT2D eigenvalue weighted by Gasteiger charge is 2.06. The van der Waals surface area contributed by atoms with E-state index in [2.05, 4.69) is 15.3 Å². The highest BCUT2D eigenvalue weighted by molar-refractivity contribution is 5.92. The fraction of sp³-hybridized carbons (Fsp3) is 0.0625. The minimum absolute atomic E-state index is 0.194. The lowest BCUT2D eigenvalue weighted by atomic mass is 10.2. The fourth-order valence-corrected chi connectivity index (χ4v) is 1.97. The first-order valence-corrected chi connectivity index (χ1v) is 6.37. The molecular formula is C16H13N3O. The Kier molecular flexibility index (Phi) is 3.37. The molecule has 0 bridgehead atoms. The molecule has 0 radical (unpaired) electrons. The molecule has 1 N–H and O–H groups in total. The van der Waals surface area contributed by atoms with Crippen molar-refractivity contribution in [2.24, 2.45) is 0 Å². The van der Waals surface area contributed by atoms with Crippen LogP contribution in [0, 0.1) is 0 Å². The summed E-state index contributed by atoms with van der Waals surface area (Å²) in [6, 6.07) is 17.1. The van der Waals surface area contributed by atoms with Gasteiger partial charge in [-0.3, -0.25) is 14.8 Å².